The summed E-state index contributed by atoms with van der Waals surface area (Å²) in [5, 5.41) is 9.79. The first-order valence-electron chi connectivity index (χ1n) is 4.74. The summed E-state index contributed by atoms with van der Waals surface area (Å²) in [4.78, 5) is 0. The van der Waals surface area contributed by atoms with Crippen LogP contribution in [-0.2, 0) is 0 Å². The molecule has 0 saturated carbocycles. The quantitative estimate of drug-likeness (QED) is 0.887. The Hall–Kier alpha value is -0.580. The fourth-order valence-corrected chi connectivity index (χ4v) is 2.21. The number of halogens is 1. The molecule has 1 aromatic carbocycles. The van der Waals surface area contributed by atoms with E-state index in [0.29, 0.717) is 0 Å². The van der Waals surface area contributed by atoms with Crippen molar-refractivity contribution in [2.75, 3.05) is 13.7 Å². The third-order valence-electron chi connectivity index (χ3n) is 2.50. The summed E-state index contributed by atoms with van der Waals surface area (Å²) < 4.78 is 6.09. The van der Waals surface area contributed by atoms with Crippen molar-refractivity contribution < 1.29 is 9.84 Å². The van der Waals surface area contributed by atoms with Gasteiger partial charge in [-0.15, -0.1) is 0 Å². The van der Waals surface area contributed by atoms with E-state index in [9.17, 15) is 5.11 Å². The number of aliphatic hydroxyl groups is 1. The molecule has 0 amide bonds. The van der Waals surface area contributed by atoms with Crippen LogP contribution in [0.4, 0.5) is 0 Å². The van der Waals surface area contributed by atoms with E-state index in [2.05, 4.69) is 15.9 Å². The Bertz CT molecular complexity index is 366. The minimum Gasteiger partial charge on any atom is -0.496 e. The molecule has 0 fully saturated rings. The lowest BCUT2D eigenvalue weighted by molar-refractivity contribution is 0.185. The first kappa shape index (κ1) is 12.5. The standard InChI is InChI=1S/C11H16BrNO2/c1-6-4-9(15-3)11(12)7(2)10(6)8(14)5-13/h4,8,14H,5,13H2,1-3H3. The monoisotopic (exact) mass is 273 g/mol. The van der Waals surface area contributed by atoms with Gasteiger partial charge in [0.15, 0.2) is 0 Å². The van der Waals surface area contributed by atoms with Gasteiger partial charge in [-0.1, -0.05) is 0 Å². The second kappa shape index (κ2) is 4.96. The van der Waals surface area contributed by atoms with Crippen molar-refractivity contribution >= 4 is 15.9 Å². The number of hydrogen-bond acceptors (Lipinski definition) is 3. The van der Waals surface area contributed by atoms with Gasteiger partial charge in [-0.25, -0.2) is 0 Å². The first-order chi connectivity index (χ1) is 7.02. The molecule has 3 nitrogen and oxygen atoms in total. The maximum absolute atomic E-state index is 9.79. The highest BCUT2D eigenvalue weighted by atomic mass is 79.9. The summed E-state index contributed by atoms with van der Waals surface area (Å²) in [5.41, 5.74) is 8.31. The van der Waals surface area contributed by atoms with Crippen LogP contribution < -0.4 is 10.5 Å². The SMILES string of the molecule is COc1cc(C)c(C(O)CN)c(C)c1Br. The van der Waals surface area contributed by atoms with Gasteiger partial charge < -0.3 is 15.6 Å². The molecule has 1 atom stereocenters. The normalized spacial score (nSPS) is 12.7. The Morgan fingerprint density at radius 3 is 2.60 bits per heavy atom. The summed E-state index contributed by atoms with van der Waals surface area (Å²) in [6.45, 7) is 4.10. The minimum absolute atomic E-state index is 0.223. The number of ether oxygens (including phenoxy) is 1. The van der Waals surface area contributed by atoms with Crippen molar-refractivity contribution in [3.8, 4) is 5.75 Å². The lowest BCUT2D eigenvalue weighted by Gasteiger charge is -2.18. The van der Waals surface area contributed by atoms with Gasteiger partial charge in [-0.05, 0) is 52.5 Å². The van der Waals surface area contributed by atoms with Crippen molar-refractivity contribution in [2.24, 2.45) is 5.73 Å². The van der Waals surface area contributed by atoms with Gasteiger partial charge in [-0.3, -0.25) is 0 Å². The Kier molecular flexibility index (Phi) is 4.13. The van der Waals surface area contributed by atoms with Gasteiger partial charge in [0, 0.05) is 6.54 Å². The summed E-state index contributed by atoms with van der Waals surface area (Å²) in [5.74, 6) is 0.776. The molecule has 15 heavy (non-hydrogen) atoms. The topological polar surface area (TPSA) is 55.5 Å². The van der Waals surface area contributed by atoms with Gasteiger partial charge in [0.05, 0.1) is 17.7 Å². The van der Waals surface area contributed by atoms with Gasteiger partial charge in [0.1, 0.15) is 5.75 Å². The van der Waals surface area contributed by atoms with Crippen LogP contribution in [0.15, 0.2) is 10.5 Å². The van der Waals surface area contributed by atoms with Crippen LogP contribution in [0.5, 0.6) is 5.75 Å². The number of aryl methyl sites for hydroxylation is 1. The van der Waals surface area contributed by atoms with Crippen molar-refractivity contribution in [3.63, 3.8) is 0 Å². The van der Waals surface area contributed by atoms with Crippen molar-refractivity contribution in [1.82, 2.24) is 0 Å². The van der Waals surface area contributed by atoms with E-state index in [1.54, 1.807) is 7.11 Å². The van der Waals surface area contributed by atoms with E-state index in [0.717, 1.165) is 26.9 Å². The van der Waals surface area contributed by atoms with Crippen LogP contribution in [0.1, 0.15) is 22.8 Å². The Balaban J connectivity index is 3.35. The van der Waals surface area contributed by atoms with E-state index < -0.39 is 6.10 Å². The van der Waals surface area contributed by atoms with Gasteiger partial charge in [0.25, 0.3) is 0 Å². The number of methoxy groups -OCH3 is 1. The summed E-state index contributed by atoms with van der Waals surface area (Å²) in [7, 11) is 1.62. The second-order valence-electron chi connectivity index (χ2n) is 3.50. The van der Waals surface area contributed by atoms with Gasteiger partial charge in [-0.2, -0.15) is 0 Å². The fraction of sp³-hybridized carbons (Fsp3) is 0.455. The molecule has 0 aliphatic carbocycles. The van der Waals surface area contributed by atoms with Crippen LogP contribution in [0.25, 0.3) is 0 Å². The number of nitrogens with two attached hydrogens (primary N) is 1. The number of aliphatic hydroxyl groups excluding tert-OH is 1. The second-order valence-corrected chi connectivity index (χ2v) is 4.29. The predicted octanol–water partition coefficient (Wildman–Crippen LogP) is 2.07. The molecule has 3 N–H and O–H groups in total. The molecule has 0 saturated heterocycles. The molecule has 0 heterocycles. The number of hydrogen-bond donors (Lipinski definition) is 2. The summed E-state index contributed by atoms with van der Waals surface area (Å²) >= 11 is 3.45. The summed E-state index contributed by atoms with van der Waals surface area (Å²) in [6, 6.07) is 1.89. The molecule has 0 radical (unpaired) electrons. The highest BCUT2D eigenvalue weighted by Crippen LogP contribution is 2.35. The third kappa shape index (κ3) is 2.33. The number of rotatable bonds is 3. The molecule has 0 bridgehead atoms. The minimum atomic E-state index is -0.618. The van der Waals surface area contributed by atoms with Crippen molar-refractivity contribution in [2.45, 2.75) is 20.0 Å². The van der Waals surface area contributed by atoms with Crippen LogP contribution >= 0.6 is 15.9 Å². The Morgan fingerprint density at radius 2 is 2.13 bits per heavy atom. The lowest BCUT2D eigenvalue weighted by atomic mass is 9.97. The molecular weight excluding hydrogens is 258 g/mol. The maximum atomic E-state index is 9.79. The van der Waals surface area contributed by atoms with Crippen LogP contribution in [-0.4, -0.2) is 18.8 Å². The summed E-state index contributed by atoms with van der Waals surface area (Å²) in [6.07, 6.45) is -0.618. The lowest BCUT2D eigenvalue weighted by Crippen LogP contribution is -2.14. The average molecular weight is 274 g/mol. The number of benzene rings is 1. The molecule has 0 aliphatic rings. The zero-order chi connectivity index (χ0) is 11.6. The molecular formula is C11H16BrNO2. The zero-order valence-electron chi connectivity index (χ0n) is 9.17. The molecule has 0 spiro atoms. The Morgan fingerprint density at radius 1 is 1.53 bits per heavy atom. The van der Waals surface area contributed by atoms with E-state index in [1.807, 2.05) is 19.9 Å². The Labute approximate surface area is 98.4 Å². The van der Waals surface area contributed by atoms with E-state index in [-0.39, 0.29) is 6.54 Å². The molecule has 0 aliphatic heterocycles. The first-order valence-corrected chi connectivity index (χ1v) is 5.54. The smallest absolute Gasteiger partial charge is 0.133 e. The van der Waals surface area contributed by atoms with Crippen LogP contribution in [0.2, 0.25) is 0 Å². The van der Waals surface area contributed by atoms with E-state index in [1.165, 1.54) is 0 Å². The maximum Gasteiger partial charge on any atom is 0.133 e. The van der Waals surface area contributed by atoms with E-state index >= 15 is 0 Å². The molecule has 84 valence electrons. The molecule has 1 unspecified atom stereocenters. The van der Waals surface area contributed by atoms with Crippen molar-refractivity contribution in [3.05, 3.63) is 27.2 Å². The fourth-order valence-electron chi connectivity index (χ4n) is 1.72. The molecule has 4 heteroatoms. The highest BCUT2D eigenvalue weighted by Gasteiger charge is 2.16. The highest BCUT2D eigenvalue weighted by molar-refractivity contribution is 9.10. The van der Waals surface area contributed by atoms with Crippen molar-refractivity contribution in [1.29, 1.82) is 0 Å². The molecule has 1 rings (SSSR count). The van der Waals surface area contributed by atoms with Gasteiger partial charge in [0.2, 0.25) is 0 Å². The largest absolute Gasteiger partial charge is 0.496 e. The molecule has 0 aromatic heterocycles. The third-order valence-corrected chi connectivity index (χ3v) is 3.48. The van der Waals surface area contributed by atoms with E-state index in [4.69, 9.17) is 10.5 Å². The predicted molar refractivity (Wildman–Crippen MR) is 64.2 cm³/mol. The molecule has 1 aromatic rings. The van der Waals surface area contributed by atoms with Crippen LogP contribution in [0, 0.1) is 13.8 Å². The van der Waals surface area contributed by atoms with Gasteiger partial charge >= 0.3 is 0 Å². The van der Waals surface area contributed by atoms with Crippen LogP contribution in [0.3, 0.4) is 0 Å². The average Bonchev–Trinajstić information content (AvgIpc) is 2.23. The zero-order valence-corrected chi connectivity index (χ0v) is 10.8.